The van der Waals surface area contributed by atoms with E-state index in [0.29, 0.717) is 23.7 Å². The number of rotatable bonds is 20. The Labute approximate surface area is 244 Å². The Hall–Kier alpha value is -1.74. The molecule has 3 rings (SSSR count). The molecule has 0 saturated heterocycles. The van der Waals surface area contributed by atoms with E-state index in [2.05, 4.69) is 26.0 Å². The number of halogens is 2. The van der Waals surface area contributed by atoms with Crippen LogP contribution in [0.1, 0.15) is 153 Å². The molecule has 0 bridgehead atoms. The molecule has 0 unspecified atom stereocenters. The maximum absolute atomic E-state index is 15.0. The molecule has 0 heterocycles. The minimum Gasteiger partial charge on any atom is -0.377 e. The van der Waals surface area contributed by atoms with Gasteiger partial charge in [0.2, 0.25) is 0 Å². The molecule has 0 N–H and O–H groups in total. The highest BCUT2D eigenvalue weighted by Crippen LogP contribution is 2.38. The van der Waals surface area contributed by atoms with Gasteiger partial charge in [-0.2, -0.15) is 0 Å². The van der Waals surface area contributed by atoms with Crippen LogP contribution in [0.5, 0.6) is 0 Å². The Morgan fingerprint density at radius 2 is 1.20 bits per heavy atom. The summed E-state index contributed by atoms with van der Waals surface area (Å²) in [5.74, 6) is -0.0631. The summed E-state index contributed by atoms with van der Waals surface area (Å²) in [5, 5.41) is 0. The lowest BCUT2D eigenvalue weighted by Gasteiger charge is -2.29. The van der Waals surface area contributed by atoms with Crippen LogP contribution >= 0.6 is 0 Å². The van der Waals surface area contributed by atoms with E-state index in [1.807, 2.05) is 12.1 Å². The molecule has 2 aromatic rings. The second-order valence-electron chi connectivity index (χ2n) is 12.3. The van der Waals surface area contributed by atoms with E-state index in [-0.39, 0.29) is 6.61 Å². The SMILES string of the molecule is CCCCCCCCCCC1CCC(c2ccc(-c3ccc(COCCCCCCCC)c(F)c3F)cc2)CC1. The summed E-state index contributed by atoms with van der Waals surface area (Å²) in [7, 11) is 0. The Balaban J connectivity index is 1.38. The number of hydrogen-bond donors (Lipinski definition) is 0. The number of hydrogen-bond acceptors (Lipinski definition) is 1. The largest absolute Gasteiger partial charge is 0.377 e. The third-order valence-electron chi connectivity index (χ3n) is 9.07. The van der Waals surface area contributed by atoms with Gasteiger partial charge < -0.3 is 4.74 Å². The zero-order chi connectivity index (χ0) is 28.4. The fourth-order valence-electron chi connectivity index (χ4n) is 6.38. The van der Waals surface area contributed by atoms with Crippen molar-refractivity contribution in [1.29, 1.82) is 0 Å². The number of ether oxygens (including phenoxy) is 1. The van der Waals surface area contributed by atoms with E-state index in [4.69, 9.17) is 4.74 Å². The molecule has 1 saturated carbocycles. The molecule has 224 valence electrons. The molecule has 0 aliphatic heterocycles. The van der Waals surface area contributed by atoms with Gasteiger partial charge in [-0.05, 0) is 55.1 Å². The van der Waals surface area contributed by atoms with Crippen LogP contribution in [-0.2, 0) is 11.3 Å². The van der Waals surface area contributed by atoms with Gasteiger partial charge in [0.15, 0.2) is 11.6 Å². The Morgan fingerprint density at radius 1 is 0.625 bits per heavy atom. The second kappa shape index (κ2) is 19.4. The molecule has 1 aliphatic rings. The van der Waals surface area contributed by atoms with Crippen LogP contribution in [0.2, 0.25) is 0 Å². The fraction of sp³-hybridized carbons (Fsp3) is 0.676. The van der Waals surface area contributed by atoms with Crippen LogP contribution in [0.25, 0.3) is 11.1 Å². The average molecular weight is 555 g/mol. The van der Waals surface area contributed by atoms with Gasteiger partial charge in [-0.3, -0.25) is 0 Å². The van der Waals surface area contributed by atoms with E-state index in [9.17, 15) is 8.78 Å². The first-order chi connectivity index (χ1) is 19.6. The molecule has 0 aromatic heterocycles. The van der Waals surface area contributed by atoms with E-state index in [1.54, 1.807) is 12.1 Å². The van der Waals surface area contributed by atoms with Crippen LogP contribution in [0.15, 0.2) is 36.4 Å². The maximum atomic E-state index is 15.0. The summed E-state index contributed by atoms with van der Waals surface area (Å²) in [6, 6.07) is 11.6. The lowest BCUT2D eigenvalue weighted by Crippen LogP contribution is -2.13. The quantitative estimate of drug-likeness (QED) is 0.148. The third-order valence-corrected chi connectivity index (χ3v) is 9.07. The van der Waals surface area contributed by atoms with Gasteiger partial charge in [-0.25, -0.2) is 8.78 Å². The summed E-state index contributed by atoms with van der Waals surface area (Å²) >= 11 is 0. The normalized spacial score (nSPS) is 17.4. The van der Waals surface area contributed by atoms with Crippen molar-refractivity contribution in [2.24, 2.45) is 5.92 Å². The summed E-state index contributed by atoms with van der Waals surface area (Å²) in [4.78, 5) is 0. The van der Waals surface area contributed by atoms with E-state index < -0.39 is 11.6 Å². The molecular weight excluding hydrogens is 498 g/mol. The topological polar surface area (TPSA) is 9.23 Å². The van der Waals surface area contributed by atoms with Crippen molar-refractivity contribution in [2.75, 3.05) is 6.61 Å². The fourth-order valence-corrected chi connectivity index (χ4v) is 6.38. The molecule has 1 fully saturated rings. The summed E-state index contributed by atoms with van der Waals surface area (Å²) in [6.07, 6.45) is 24.8. The van der Waals surface area contributed by atoms with Gasteiger partial charge in [-0.15, -0.1) is 0 Å². The molecule has 1 aliphatic carbocycles. The lowest BCUT2D eigenvalue weighted by molar-refractivity contribution is 0.114. The monoisotopic (exact) mass is 554 g/mol. The van der Waals surface area contributed by atoms with Crippen LogP contribution in [0.3, 0.4) is 0 Å². The molecule has 40 heavy (non-hydrogen) atoms. The molecule has 3 heteroatoms. The summed E-state index contributed by atoms with van der Waals surface area (Å²) < 4.78 is 35.4. The van der Waals surface area contributed by atoms with Crippen LogP contribution in [0, 0.1) is 17.6 Å². The van der Waals surface area contributed by atoms with Gasteiger partial charge in [0.05, 0.1) is 6.61 Å². The molecule has 2 aromatic carbocycles. The maximum Gasteiger partial charge on any atom is 0.167 e. The standard InChI is InChI=1S/C37H56F2O/c1-3-5-7-9-11-12-13-15-17-30-18-20-31(21-19-30)32-22-24-33(25-23-32)35-27-26-34(36(38)37(35)39)29-40-28-16-14-10-8-6-4-2/h22-27,30-31H,3-21,28-29H2,1-2H3. The summed E-state index contributed by atoms with van der Waals surface area (Å²) in [6.45, 7) is 5.21. The van der Waals surface area contributed by atoms with Gasteiger partial charge in [0.25, 0.3) is 0 Å². The highest BCUT2D eigenvalue weighted by molar-refractivity contribution is 5.65. The lowest BCUT2D eigenvalue weighted by atomic mass is 9.77. The minimum atomic E-state index is -0.778. The Kier molecular flexibility index (Phi) is 15.9. The summed E-state index contributed by atoms with van der Waals surface area (Å²) in [5.41, 5.74) is 2.71. The van der Waals surface area contributed by atoms with E-state index in [1.165, 1.54) is 115 Å². The first kappa shape index (κ1) is 32.8. The molecular formula is C37H56F2O. The zero-order valence-corrected chi connectivity index (χ0v) is 25.6. The smallest absolute Gasteiger partial charge is 0.167 e. The first-order valence-electron chi connectivity index (χ1n) is 16.8. The predicted molar refractivity (Wildman–Crippen MR) is 167 cm³/mol. The van der Waals surface area contributed by atoms with Crippen molar-refractivity contribution >= 4 is 0 Å². The van der Waals surface area contributed by atoms with E-state index >= 15 is 0 Å². The van der Waals surface area contributed by atoms with Crippen molar-refractivity contribution in [2.45, 2.75) is 148 Å². The molecule has 0 radical (unpaired) electrons. The Bertz CT molecular complexity index is 930. The van der Waals surface area contributed by atoms with Crippen molar-refractivity contribution in [3.63, 3.8) is 0 Å². The van der Waals surface area contributed by atoms with Crippen LogP contribution < -0.4 is 0 Å². The highest BCUT2D eigenvalue weighted by atomic mass is 19.2. The van der Waals surface area contributed by atoms with Crippen LogP contribution in [-0.4, -0.2) is 6.61 Å². The molecule has 0 amide bonds. The molecule has 0 spiro atoms. The van der Waals surface area contributed by atoms with E-state index in [0.717, 1.165) is 24.3 Å². The number of unbranched alkanes of at least 4 members (excludes halogenated alkanes) is 12. The number of benzene rings is 2. The van der Waals surface area contributed by atoms with Crippen LogP contribution in [0.4, 0.5) is 8.78 Å². The zero-order valence-electron chi connectivity index (χ0n) is 25.6. The Morgan fingerprint density at radius 3 is 1.82 bits per heavy atom. The predicted octanol–water partition coefficient (Wildman–Crippen LogP) is 12.3. The highest BCUT2D eigenvalue weighted by Gasteiger charge is 2.22. The van der Waals surface area contributed by atoms with Gasteiger partial charge >= 0.3 is 0 Å². The molecule has 1 nitrogen and oxygen atoms in total. The van der Waals surface area contributed by atoms with Crippen molar-refractivity contribution in [3.05, 3.63) is 59.2 Å². The third kappa shape index (κ3) is 11.3. The first-order valence-corrected chi connectivity index (χ1v) is 16.8. The van der Waals surface area contributed by atoms with Crippen molar-refractivity contribution in [1.82, 2.24) is 0 Å². The van der Waals surface area contributed by atoms with Gasteiger partial charge in [0.1, 0.15) is 0 Å². The molecule has 0 atom stereocenters. The second-order valence-corrected chi connectivity index (χ2v) is 12.3. The van der Waals surface area contributed by atoms with Crippen molar-refractivity contribution in [3.8, 4) is 11.1 Å². The average Bonchev–Trinajstić information content (AvgIpc) is 2.98. The van der Waals surface area contributed by atoms with Crippen molar-refractivity contribution < 1.29 is 13.5 Å². The minimum absolute atomic E-state index is 0.124. The van der Waals surface area contributed by atoms with Gasteiger partial charge in [0, 0.05) is 17.7 Å². The van der Waals surface area contributed by atoms with Gasteiger partial charge in [-0.1, -0.05) is 140 Å².